The molecule has 0 unspecified atom stereocenters. The smallest absolute Gasteiger partial charge is 0.478 e. The number of piperidine rings is 1. The Morgan fingerprint density at radius 3 is 2.58 bits per heavy atom. The first kappa shape index (κ1) is 27.8. The van der Waals surface area contributed by atoms with E-state index in [2.05, 4.69) is 20.9 Å². The van der Waals surface area contributed by atoms with Crippen LogP contribution in [0.15, 0.2) is 53.2 Å². The number of aryl methyl sites for hydroxylation is 1. The number of aromatic carboxylic acids is 1. The van der Waals surface area contributed by atoms with Gasteiger partial charge in [0.15, 0.2) is 0 Å². The average Bonchev–Trinajstić information content (AvgIpc) is 3.63. The number of alkyl halides is 3. The van der Waals surface area contributed by atoms with Gasteiger partial charge in [0.1, 0.15) is 17.2 Å². The highest BCUT2D eigenvalue weighted by Gasteiger charge is 2.47. The third-order valence-corrected chi connectivity index (χ3v) is 9.31. The number of carbonyl (C=O) groups is 1. The van der Waals surface area contributed by atoms with Crippen LogP contribution in [0.3, 0.4) is 0 Å². The van der Waals surface area contributed by atoms with Crippen molar-refractivity contribution < 1.29 is 37.1 Å². The van der Waals surface area contributed by atoms with Gasteiger partial charge in [-0.25, -0.2) is 4.79 Å². The lowest BCUT2D eigenvalue weighted by Crippen LogP contribution is -2.50. The molecule has 1 spiro atoms. The number of carboxylic acids is 1. The summed E-state index contributed by atoms with van der Waals surface area (Å²) in [4.78, 5) is 13.9. The molecule has 1 aliphatic heterocycles. The van der Waals surface area contributed by atoms with Crippen LogP contribution in [0.1, 0.15) is 66.1 Å². The highest BCUT2D eigenvalue weighted by atomic mass is 19.4. The van der Waals surface area contributed by atoms with Gasteiger partial charge in [0.25, 0.3) is 0 Å². The molecule has 3 heterocycles. The van der Waals surface area contributed by atoms with Crippen LogP contribution in [-0.2, 0) is 18.4 Å². The molecule has 0 radical (unpaired) electrons. The van der Waals surface area contributed by atoms with Gasteiger partial charge in [0.2, 0.25) is 0 Å². The van der Waals surface area contributed by atoms with E-state index in [1.165, 1.54) is 12.1 Å². The molecule has 2 saturated carbocycles. The fourth-order valence-corrected chi connectivity index (χ4v) is 6.83. The molecule has 1 N–H and O–H groups in total. The Morgan fingerprint density at radius 2 is 1.88 bits per heavy atom. The van der Waals surface area contributed by atoms with Gasteiger partial charge in [-0.3, -0.25) is 0 Å². The standard InChI is InChI=1S/C32H32F3N3O5/c1-37-17-24(30(39)40)22-9-8-20(14-26(22)37)38-12-10-31(11-13-38)15-21(16-31)41-18-25-28(36-43-29(25)19-6-7-19)23-4-2-3-5-27(23)42-32(33,34)35/h2-5,8-9,14,17,19,21H,6-7,10-13,15-16,18H2,1H3,(H,39,40). The Bertz CT molecular complexity index is 1670. The fourth-order valence-electron chi connectivity index (χ4n) is 6.83. The normalized spacial score (nSPS) is 18.7. The molecule has 43 heavy (non-hydrogen) atoms. The second-order valence-electron chi connectivity index (χ2n) is 12.2. The number of carboxylic acid groups (broad SMARTS) is 1. The van der Waals surface area contributed by atoms with E-state index in [0.29, 0.717) is 22.6 Å². The number of para-hydroxylation sites is 1. The summed E-state index contributed by atoms with van der Waals surface area (Å²) < 4.78 is 57.4. The molecule has 2 aromatic heterocycles. The minimum atomic E-state index is -4.82. The zero-order valence-corrected chi connectivity index (χ0v) is 23.7. The number of halogens is 3. The molecule has 8 nitrogen and oxygen atoms in total. The lowest BCUT2D eigenvalue weighted by atomic mass is 9.61. The van der Waals surface area contributed by atoms with Crippen molar-refractivity contribution >= 4 is 22.6 Å². The zero-order valence-electron chi connectivity index (χ0n) is 23.7. The third-order valence-electron chi connectivity index (χ3n) is 9.31. The Hall–Kier alpha value is -3.99. The molecule has 2 aliphatic carbocycles. The number of ether oxygens (including phenoxy) is 2. The van der Waals surface area contributed by atoms with Gasteiger partial charge in [-0.15, -0.1) is 13.2 Å². The molecular formula is C32H32F3N3O5. The van der Waals surface area contributed by atoms with Gasteiger partial charge >= 0.3 is 12.3 Å². The van der Waals surface area contributed by atoms with Crippen LogP contribution < -0.4 is 9.64 Å². The summed E-state index contributed by atoms with van der Waals surface area (Å²) in [5.74, 6) is -0.317. The molecule has 3 fully saturated rings. The van der Waals surface area contributed by atoms with Crippen LogP contribution in [0, 0.1) is 5.41 Å². The summed E-state index contributed by atoms with van der Waals surface area (Å²) in [7, 11) is 1.86. The zero-order chi connectivity index (χ0) is 29.9. The summed E-state index contributed by atoms with van der Waals surface area (Å²) in [5.41, 5.74) is 3.81. The Kier molecular flexibility index (Phi) is 6.68. The number of rotatable bonds is 8. The molecule has 1 saturated heterocycles. The van der Waals surface area contributed by atoms with Crippen molar-refractivity contribution in [2.24, 2.45) is 12.5 Å². The maximum atomic E-state index is 13.1. The van der Waals surface area contributed by atoms with Gasteiger partial charge in [0.05, 0.1) is 23.8 Å². The Morgan fingerprint density at radius 1 is 1.14 bits per heavy atom. The van der Waals surface area contributed by atoms with Crippen molar-refractivity contribution in [3.05, 3.63) is 65.5 Å². The first-order valence-electron chi connectivity index (χ1n) is 14.6. The average molecular weight is 596 g/mol. The van der Waals surface area contributed by atoms with Gasteiger partial charge in [0, 0.05) is 54.5 Å². The van der Waals surface area contributed by atoms with Crippen LogP contribution in [0.4, 0.5) is 18.9 Å². The van der Waals surface area contributed by atoms with Gasteiger partial charge < -0.3 is 28.6 Å². The van der Waals surface area contributed by atoms with E-state index in [-0.39, 0.29) is 35.4 Å². The van der Waals surface area contributed by atoms with Crippen molar-refractivity contribution in [2.45, 2.75) is 63.5 Å². The van der Waals surface area contributed by atoms with E-state index >= 15 is 0 Å². The van der Waals surface area contributed by atoms with E-state index in [1.807, 2.05) is 23.7 Å². The molecular weight excluding hydrogens is 563 g/mol. The minimum absolute atomic E-state index is 0.0668. The highest BCUT2D eigenvalue weighted by molar-refractivity contribution is 6.04. The summed E-state index contributed by atoms with van der Waals surface area (Å²) in [6.07, 6.45) is 2.77. The van der Waals surface area contributed by atoms with E-state index < -0.39 is 12.3 Å². The molecule has 2 aromatic carbocycles. The van der Waals surface area contributed by atoms with Crippen LogP contribution >= 0.6 is 0 Å². The lowest BCUT2D eigenvalue weighted by Gasteiger charge is -2.52. The predicted octanol–water partition coefficient (Wildman–Crippen LogP) is 7.27. The van der Waals surface area contributed by atoms with Crippen LogP contribution in [-0.4, -0.2) is 46.4 Å². The van der Waals surface area contributed by atoms with Crippen LogP contribution in [0.5, 0.6) is 5.75 Å². The predicted molar refractivity (Wildman–Crippen MR) is 152 cm³/mol. The summed E-state index contributed by atoms with van der Waals surface area (Å²) in [6, 6.07) is 12.0. The summed E-state index contributed by atoms with van der Waals surface area (Å²) in [6.45, 7) is 2.05. The van der Waals surface area contributed by atoms with Crippen molar-refractivity contribution in [3.8, 4) is 17.0 Å². The third kappa shape index (κ3) is 5.35. The molecule has 3 aliphatic rings. The first-order valence-corrected chi connectivity index (χ1v) is 14.6. The Balaban J connectivity index is 0.997. The largest absolute Gasteiger partial charge is 0.573 e. The number of fused-ring (bicyclic) bond motifs is 1. The quantitative estimate of drug-likeness (QED) is 0.229. The molecule has 226 valence electrons. The first-order chi connectivity index (χ1) is 20.6. The minimum Gasteiger partial charge on any atom is -0.478 e. The van der Waals surface area contributed by atoms with Gasteiger partial charge in [-0.2, -0.15) is 0 Å². The van der Waals surface area contributed by atoms with E-state index in [4.69, 9.17) is 9.26 Å². The molecule has 7 rings (SSSR count). The van der Waals surface area contributed by atoms with Crippen molar-refractivity contribution in [1.82, 2.24) is 9.72 Å². The molecule has 11 heteroatoms. The topological polar surface area (TPSA) is 90.0 Å². The number of aromatic nitrogens is 2. The maximum absolute atomic E-state index is 13.1. The van der Waals surface area contributed by atoms with Gasteiger partial charge in [-0.1, -0.05) is 17.3 Å². The Labute approximate surface area is 246 Å². The second kappa shape index (κ2) is 10.3. The molecule has 0 atom stereocenters. The van der Waals surface area contributed by atoms with Gasteiger partial charge in [-0.05, 0) is 74.3 Å². The SMILES string of the molecule is Cn1cc(C(=O)O)c2ccc(N3CCC4(CC3)CC(OCc3c(-c5ccccc5OC(F)(F)F)noc3C3CC3)C4)cc21. The maximum Gasteiger partial charge on any atom is 0.573 e. The van der Waals surface area contributed by atoms with Crippen molar-refractivity contribution in [1.29, 1.82) is 0 Å². The monoisotopic (exact) mass is 595 g/mol. The summed E-state index contributed by atoms with van der Waals surface area (Å²) in [5, 5.41) is 14.4. The van der Waals surface area contributed by atoms with Crippen LogP contribution in [0.25, 0.3) is 22.2 Å². The number of hydrogen-bond acceptors (Lipinski definition) is 6. The number of benzene rings is 2. The lowest BCUT2D eigenvalue weighted by molar-refractivity contribution is -0.274. The second-order valence-corrected chi connectivity index (χ2v) is 12.2. The van der Waals surface area contributed by atoms with E-state index in [1.54, 1.807) is 18.3 Å². The van der Waals surface area contributed by atoms with Crippen LogP contribution in [0.2, 0.25) is 0 Å². The number of anilines is 1. The van der Waals surface area contributed by atoms with E-state index in [9.17, 15) is 23.1 Å². The molecule has 0 bridgehead atoms. The molecule has 0 amide bonds. The van der Waals surface area contributed by atoms with Crippen molar-refractivity contribution in [3.63, 3.8) is 0 Å². The van der Waals surface area contributed by atoms with Crippen molar-refractivity contribution in [2.75, 3.05) is 18.0 Å². The molecule has 4 aromatic rings. The number of hydrogen-bond donors (Lipinski definition) is 1. The highest BCUT2D eigenvalue weighted by Crippen LogP contribution is 2.52. The van der Waals surface area contributed by atoms with E-state index in [0.717, 1.165) is 68.2 Å². The fraction of sp³-hybridized carbons (Fsp3) is 0.438. The summed E-state index contributed by atoms with van der Waals surface area (Å²) >= 11 is 0. The number of nitrogens with zero attached hydrogens (tertiary/aromatic N) is 3.